The lowest BCUT2D eigenvalue weighted by atomic mass is 9.94. The fraction of sp³-hybridized carbons (Fsp3) is 0.200. The molecule has 3 amide bonds. The number of methoxy groups -OCH3 is 2. The number of hydrogen-bond acceptors (Lipinski definition) is 4. The molecule has 1 heterocycles. The Hall–Kier alpha value is -3.55. The van der Waals surface area contributed by atoms with Gasteiger partial charge in [0.05, 0.1) is 25.8 Å². The number of anilines is 1. The van der Waals surface area contributed by atoms with Crippen LogP contribution in [0.5, 0.6) is 11.5 Å². The zero-order chi connectivity index (χ0) is 20.3. The van der Waals surface area contributed by atoms with Crippen LogP contribution in [0.2, 0.25) is 0 Å². The van der Waals surface area contributed by atoms with E-state index in [0.29, 0.717) is 34.0 Å². The van der Waals surface area contributed by atoms with Gasteiger partial charge < -0.3 is 25.4 Å². The van der Waals surface area contributed by atoms with Gasteiger partial charge in [-0.3, -0.25) is 4.79 Å². The summed E-state index contributed by atoms with van der Waals surface area (Å²) in [5.74, 6) is 0.188. The van der Waals surface area contributed by atoms with Gasteiger partial charge in [0.1, 0.15) is 5.82 Å². The number of benzene rings is 2. The predicted octanol–water partition coefficient (Wildman–Crippen LogP) is 3.11. The highest BCUT2D eigenvalue weighted by Crippen LogP contribution is 2.34. The molecule has 0 aliphatic carbocycles. The molecule has 3 rings (SSSR count). The molecule has 3 N–H and O–H groups in total. The lowest BCUT2D eigenvalue weighted by Gasteiger charge is -2.29. The van der Waals surface area contributed by atoms with E-state index >= 15 is 0 Å². The molecular weight excluding hydrogens is 365 g/mol. The van der Waals surface area contributed by atoms with Gasteiger partial charge >= 0.3 is 6.03 Å². The SMILES string of the molecule is COc1ccc([C@H]2NC(=O)NC(C)=C2C(=O)Nc2ccc(F)cc2)cc1OC. The summed E-state index contributed by atoms with van der Waals surface area (Å²) in [6.45, 7) is 1.64. The lowest BCUT2D eigenvalue weighted by Crippen LogP contribution is -2.45. The number of carbonyl (C=O) groups is 2. The highest BCUT2D eigenvalue weighted by atomic mass is 19.1. The maximum absolute atomic E-state index is 13.1. The van der Waals surface area contributed by atoms with E-state index in [9.17, 15) is 14.0 Å². The van der Waals surface area contributed by atoms with Crippen molar-refractivity contribution in [1.29, 1.82) is 0 Å². The molecule has 0 radical (unpaired) electrons. The number of carbonyl (C=O) groups excluding carboxylic acids is 2. The number of nitrogens with one attached hydrogen (secondary N) is 3. The topological polar surface area (TPSA) is 88.7 Å². The number of hydrogen-bond donors (Lipinski definition) is 3. The van der Waals surface area contributed by atoms with Gasteiger partial charge in [0.25, 0.3) is 5.91 Å². The Kier molecular flexibility index (Phi) is 5.49. The lowest BCUT2D eigenvalue weighted by molar-refractivity contribution is -0.113. The molecule has 1 atom stereocenters. The van der Waals surface area contributed by atoms with Crippen LogP contribution < -0.4 is 25.4 Å². The molecule has 2 aromatic carbocycles. The Morgan fingerprint density at radius 2 is 1.75 bits per heavy atom. The van der Waals surface area contributed by atoms with E-state index < -0.39 is 23.8 Å². The van der Waals surface area contributed by atoms with Gasteiger partial charge in [0, 0.05) is 11.4 Å². The van der Waals surface area contributed by atoms with Crippen molar-refractivity contribution in [2.24, 2.45) is 0 Å². The van der Waals surface area contributed by atoms with Crippen LogP contribution in [-0.4, -0.2) is 26.2 Å². The summed E-state index contributed by atoms with van der Waals surface area (Å²) in [4.78, 5) is 24.9. The maximum atomic E-state index is 13.1. The zero-order valence-corrected chi connectivity index (χ0v) is 15.6. The maximum Gasteiger partial charge on any atom is 0.319 e. The number of amides is 3. The highest BCUT2D eigenvalue weighted by molar-refractivity contribution is 6.06. The van der Waals surface area contributed by atoms with Crippen LogP contribution in [0.15, 0.2) is 53.7 Å². The summed E-state index contributed by atoms with van der Waals surface area (Å²) in [6, 6.07) is 9.46. The molecule has 0 bridgehead atoms. The van der Waals surface area contributed by atoms with Crippen LogP contribution in [0.4, 0.5) is 14.9 Å². The largest absolute Gasteiger partial charge is 0.493 e. The molecule has 0 fully saturated rings. The molecule has 0 aromatic heterocycles. The third-order valence-electron chi connectivity index (χ3n) is 4.36. The van der Waals surface area contributed by atoms with E-state index in [4.69, 9.17) is 9.47 Å². The van der Waals surface area contributed by atoms with Crippen LogP contribution in [0.3, 0.4) is 0 Å². The summed E-state index contributed by atoms with van der Waals surface area (Å²) in [5, 5.41) is 8.09. The first kappa shape index (κ1) is 19.2. The number of ether oxygens (including phenoxy) is 2. The summed E-state index contributed by atoms with van der Waals surface area (Å²) >= 11 is 0. The van der Waals surface area contributed by atoms with Gasteiger partial charge in [-0.25, -0.2) is 9.18 Å². The smallest absolute Gasteiger partial charge is 0.319 e. The van der Waals surface area contributed by atoms with Crippen molar-refractivity contribution in [3.63, 3.8) is 0 Å². The van der Waals surface area contributed by atoms with Crippen molar-refractivity contribution in [2.45, 2.75) is 13.0 Å². The van der Waals surface area contributed by atoms with E-state index in [2.05, 4.69) is 16.0 Å². The van der Waals surface area contributed by atoms with Crippen LogP contribution >= 0.6 is 0 Å². The van der Waals surface area contributed by atoms with Gasteiger partial charge in [-0.05, 0) is 48.9 Å². The first-order valence-corrected chi connectivity index (χ1v) is 8.50. The molecule has 1 aliphatic heterocycles. The molecule has 0 saturated carbocycles. The number of allylic oxidation sites excluding steroid dienone is 1. The highest BCUT2D eigenvalue weighted by Gasteiger charge is 2.31. The predicted molar refractivity (Wildman–Crippen MR) is 102 cm³/mol. The first-order valence-electron chi connectivity index (χ1n) is 8.50. The molecule has 146 valence electrons. The van der Waals surface area contributed by atoms with Gasteiger partial charge in [-0.1, -0.05) is 6.07 Å². The Bertz CT molecular complexity index is 941. The summed E-state index contributed by atoms with van der Waals surface area (Å²) in [7, 11) is 3.03. The van der Waals surface area contributed by atoms with Crippen molar-refractivity contribution >= 4 is 17.6 Å². The third kappa shape index (κ3) is 3.90. The van der Waals surface area contributed by atoms with E-state index in [1.54, 1.807) is 25.1 Å². The molecule has 0 spiro atoms. The average Bonchev–Trinajstić information content (AvgIpc) is 2.68. The first-order chi connectivity index (χ1) is 13.4. The number of rotatable bonds is 5. The Labute approximate surface area is 161 Å². The van der Waals surface area contributed by atoms with E-state index in [-0.39, 0.29) is 0 Å². The van der Waals surface area contributed by atoms with Crippen LogP contribution in [0, 0.1) is 5.82 Å². The van der Waals surface area contributed by atoms with E-state index in [0.717, 1.165) is 0 Å². The zero-order valence-electron chi connectivity index (χ0n) is 15.6. The van der Waals surface area contributed by atoms with Crippen molar-refractivity contribution in [3.8, 4) is 11.5 Å². The molecule has 0 saturated heterocycles. The minimum atomic E-state index is -0.700. The van der Waals surface area contributed by atoms with Crippen molar-refractivity contribution in [1.82, 2.24) is 10.6 Å². The van der Waals surface area contributed by atoms with E-state index in [1.165, 1.54) is 38.5 Å². The van der Waals surface area contributed by atoms with Gasteiger partial charge in [0.2, 0.25) is 0 Å². The fourth-order valence-electron chi connectivity index (χ4n) is 3.01. The second-order valence-corrected chi connectivity index (χ2v) is 6.15. The number of urea groups is 1. The van der Waals surface area contributed by atoms with Crippen molar-refractivity contribution in [2.75, 3.05) is 19.5 Å². The quantitative estimate of drug-likeness (QED) is 0.738. The summed E-state index contributed by atoms with van der Waals surface area (Å²) in [5.41, 5.74) is 1.84. The van der Waals surface area contributed by atoms with Gasteiger partial charge in [-0.15, -0.1) is 0 Å². The monoisotopic (exact) mass is 385 g/mol. The fourth-order valence-corrected chi connectivity index (χ4v) is 3.01. The van der Waals surface area contributed by atoms with Crippen molar-refractivity contribution < 1.29 is 23.5 Å². The molecule has 28 heavy (non-hydrogen) atoms. The minimum absolute atomic E-state index is 0.330. The van der Waals surface area contributed by atoms with Gasteiger partial charge in [-0.2, -0.15) is 0 Å². The standard InChI is InChI=1S/C20H20FN3O4/c1-11-17(19(25)23-14-7-5-13(21)6-8-14)18(24-20(26)22-11)12-4-9-15(27-2)16(10-12)28-3/h4-10,18H,1-3H3,(H,23,25)(H2,22,24,26)/t18-/m1/s1. The van der Waals surface area contributed by atoms with E-state index in [1.807, 2.05) is 0 Å². The third-order valence-corrected chi connectivity index (χ3v) is 4.36. The number of halogens is 1. The molecule has 7 nitrogen and oxygen atoms in total. The second-order valence-electron chi connectivity index (χ2n) is 6.15. The van der Waals surface area contributed by atoms with Crippen LogP contribution in [0.1, 0.15) is 18.5 Å². The summed E-state index contributed by atoms with van der Waals surface area (Å²) < 4.78 is 23.7. The second kappa shape index (κ2) is 7.99. The Morgan fingerprint density at radius 1 is 1.07 bits per heavy atom. The van der Waals surface area contributed by atoms with Crippen LogP contribution in [-0.2, 0) is 4.79 Å². The molecular formula is C20H20FN3O4. The van der Waals surface area contributed by atoms with Crippen LogP contribution in [0.25, 0.3) is 0 Å². The normalized spacial score (nSPS) is 16.1. The Balaban J connectivity index is 1.96. The molecule has 1 aliphatic rings. The molecule has 0 unspecified atom stereocenters. The summed E-state index contributed by atoms with van der Waals surface area (Å²) in [6.07, 6.45) is 0. The Morgan fingerprint density at radius 3 is 2.39 bits per heavy atom. The minimum Gasteiger partial charge on any atom is -0.493 e. The van der Waals surface area contributed by atoms with Gasteiger partial charge in [0.15, 0.2) is 11.5 Å². The molecule has 8 heteroatoms. The van der Waals surface area contributed by atoms with Crippen molar-refractivity contribution in [3.05, 3.63) is 65.1 Å². The average molecular weight is 385 g/mol. The molecule has 2 aromatic rings.